The van der Waals surface area contributed by atoms with E-state index in [2.05, 4.69) is 24.3 Å². The van der Waals surface area contributed by atoms with Crippen LogP contribution in [0.25, 0.3) is 0 Å². The number of halogens is 2. The number of hydrogen-bond donors (Lipinski definition) is 1. The van der Waals surface area contributed by atoms with Crippen molar-refractivity contribution in [2.45, 2.75) is 33.4 Å². The van der Waals surface area contributed by atoms with Crippen LogP contribution in [-0.4, -0.2) is 16.3 Å². The van der Waals surface area contributed by atoms with Gasteiger partial charge in [-0.15, -0.1) is 0 Å². The Morgan fingerprint density at radius 2 is 1.90 bits per heavy atom. The summed E-state index contributed by atoms with van der Waals surface area (Å²) in [5.41, 5.74) is 1.54. The van der Waals surface area contributed by atoms with Gasteiger partial charge in [0.2, 0.25) is 0 Å². The number of alkyl halides is 2. The van der Waals surface area contributed by atoms with E-state index in [1.165, 1.54) is 10.9 Å². The molecule has 1 aromatic carbocycles. The molecule has 0 fully saturated rings. The SMILES string of the molecule is CC(C)CNCc1cnn(Cc2ccccc2)c1C(F)F. The molecule has 0 saturated heterocycles. The third-order valence-corrected chi connectivity index (χ3v) is 3.21. The van der Waals surface area contributed by atoms with Crippen molar-refractivity contribution in [1.82, 2.24) is 15.1 Å². The molecular weight excluding hydrogens is 272 g/mol. The standard InChI is InChI=1S/C16H21F2N3/c1-12(2)8-19-9-14-10-20-21(15(14)16(17)18)11-13-6-4-3-5-7-13/h3-7,10,12,16,19H,8-9,11H2,1-2H3. The maximum Gasteiger partial charge on any atom is 0.280 e. The molecule has 0 aliphatic heterocycles. The van der Waals surface area contributed by atoms with Gasteiger partial charge in [0, 0.05) is 12.1 Å². The molecule has 1 aromatic heterocycles. The van der Waals surface area contributed by atoms with Gasteiger partial charge in [0.1, 0.15) is 5.69 Å². The molecule has 0 saturated carbocycles. The van der Waals surface area contributed by atoms with Crippen molar-refractivity contribution in [1.29, 1.82) is 0 Å². The molecule has 0 bridgehead atoms. The smallest absolute Gasteiger partial charge is 0.280 e. The van der Waals surface area contributed by atoms with Crippen molar-refractivity contribution in [2.24, 2.45) is 5.92 Å². The summed E-state index contributed by atoms with van der Waals surface area (Å²) in [6.45, 7) is 5.75. The van der Waals surface area contributed by atoms with Crippen molar-refractivity contribution >= 4 is 0 Å². The Bertz CT molecular complexity index is 550. The molecule has 5 heteroatoms. The van der Waals surface area contributed by atoms with Crippen LogP contribution in [-0.2, 0) is 13.1 Å². The summed E-state index contributed by atoms with van der Waals surface area (Å²) in [6, 6.07) is 9.51. The van der Waals surface area contributed by atoms with Crippen molar-refractivity contribution in [2.75, 3.05) is 6.54 Å². The van der Waals surface area contributed by atoms with Crippen molar-refractivity contribution < 1.29 is 8.78 Å². The van der Waals surface area contributed by atoms with Crippen LogP contribution in [0.1, 0.15) is 37.1 Å². The fourth-order valence-electron chi connectivity index (χ4n) is 2.20. The molecular formula is C16H21F2N3. The monoisotopic (exact) mass is 293 g/mol. The second-order valence-corrected chi connectivity index (χ2v) is 5.52. The average molecular weight is 293 g/mol. The fourth-order valence-corrected chi connectivity index (χ4v) is 2.20. The normalized spacial score (nSPS) is 11.5. The topological polar surface area (TPSA) is 29.9 Å². The van der Waals surface area contributed by atoms with Gasteiger partial charge in [0.15, 0.2) is 0 Å². The van der Waals surface area contributed by atoms with Crippen molar-refractivity contribution in [3.8, 4) is 0 Å². The van der Waals surface area contributed by atoms with Gasteiger partial charge < -0.3 is 5.32 Å². The summed E-state index contributed by atoms with van der Waals surface area (Å²) in [5, 5.41) is 7.31. The summed E-state index contributed by atoms with van der Waals surface area (Å²) in [5.74, 6) is 0.486. The summed E-state index contributed by atoms with van der Waals surface area (Å²) in [4.78, 5) is 0. The molecule has 0 atom stereocenters. The predicted octanol–water partition coefficient (Wildman–Crippen LogP) is 3.61. The predicted molar refractivity (Wildman–Crippen MR) is 79.3 cm³/mol. The first-order valence-electron chi connectivity index (χ1n) is 7.15. The van der Waals surface area contributed by atoms with Crippen LogP contribution < -0.4 is 5.32 Å². The lowest BCUT2D eigenvalue weighted by atomic mass is 10.2. The molecule has 0 aliphatic rings. The number of hydrogen-bond acceptors (Lipinski definition) is 2. The average Bonchev–Trinajstić information content (AvgIpc) is 2.82. The number of aromatic nitrogens is 2. The Labute approximate surface area is 124 Å². The lowest BCUT2D eigenvalue weighted by Gasteiger charge is -2.10. The molecule has 3 nitrogen and oxygen atoms in total. The van der Waals surface area contributed by atoms with E-state index in [0.29, 0.717) is 24.6 Å². The molecule has 1 heterocycles. The summed E-state index contributed by atoms with van der Waals surface area (Å²) >= 11 is 0. The minimum absolute atomic E-state index is 0.00936. The van der Waals surface area contributed by atoms with Gasteiger partial charge in [-0.05, 0) is 18.0 Å². The number of rotatable bonds is 7. The third kappa shape index (κ3) is 4.36. The highest BCUT2D eigenvalue weighted by atomic mass is 19.3. The van der Waals surface area contributed by atoms with E-state index < -0.39 is 6.43 Å². The molecule has 2 rings (SSSR count). The zero-order valence-corrected chi connectivity index (χ0v) is 12.4. The minimum atomic E-state index is -2.52. The highest BCUT2D eigenvalue weighted by Crippen LogP contribution is 2.23. The Morgan fingerprint density at radius 3 is 2.52 bits per heavy atom. The molecule has 1 N–H and O–H groups in total. The van der Waals surface area contributed by atoms with E-state index in [0.717, 1.165) is 12.1 Å². The van der Waals surface area contributed by atoms with E-state index in [-0.39, 0.29) is 5.69 Å². The van der Waals surface area contributed by atoms with Gasteiger partial charge in [-0.1, -0.05) is 44.2 Å². The molecule has 0 spiro atoms. The molecule has 21 heavy (non-hydrogen) atoms. The second kappa shape index (κ2) is 7.31. The fraction of sp³-hybridized carbons (Fsp3) is 0.438. The Morgan fingerprint density at radius 1 is 1.19 bits per heavy atom. The Kier molecular flexibility index (Phi) is 5.44. The molecule has 0 aliphatic carbocycles. The van der Waals surface area contributed by atoms with Crippen LogP contribution in [0, 0.1) is 5.92 Å². The molecule has 0 radical (unpaired) electrons. The van der Waals surface area contributed by atoms with Gasteiger partial charge in [0.25, 0.3) is 6.43 Å². The van der Waals surface area contributed by atoms with E-state index in [1.807, 2.05) is 30.3 Å². The maximum atomic E-state index is 13.3. The highest BCUT2D eigenvalue weighted by molar-refractivity contribution is 5.22. The highest BCUT2D eigenvalue weighted by Gasteiger charge is 2.19. The van der Waals surface area contributed by atoms with Crippen LogP contribution in [0.5, 0.6) is 0 Å². The third-order valence-electron chi connectivity index (χ3n) is 3.21. The second-order valence-electron chi connectivity index (χ2n) is 5.52. The Hall–Kier alpha value is -1.75. The first kappa shape index (κ1) is 15.6. The molecule has 2 aromatic rings. The van der Waals surface area contributed by atoms with Crippen LogP contribution in [0.4, 0.5) is 8.78 Å². The summed E-state index contributed by atoms with van der Waals surface area (Å²) < 4.78 is 28.0. The zero-order chi connectivity index (χ0) is 15.2. The van der Waals surface area contributed by atoms with E-state index in [9.17, 15) is 8.78 Å². The molecule has 0 amide bonds. The lowest BCUT2D eigenvalue weighted by Crippen LogP contribution is -2.20. The number of nitrogens with zero attached hydrogens (tertiary/aromatic N) is 2. The van der Waals surface area contributed by atoms with Crippen LogP contribution in [0.2, 0.25) is 0 Å². The van der Waals surface area contributed by atoms with Crippen molar-refractivity contribution in [3.05, 3.63) is 53.3 Å². The van der Waals surface area contributed by atoms with Crippen LogP contribution in [0.15, 0.2) is 36.5 Å². The largest absolute Gasteiger partial charge is 0.312 e. The van der Waals surface area contributed by atoms with Gasteiger partial charge in [0.05, 0.1) is 12.7 Å². The lowest BCUT2D eigenvalue weighted by molar-refractivity contribution is 0.138. The molecule has 114 valence electrons. The van der Waals surface area contributed by atoms with E-state index in [1.54, 1.807) is 0 Å². The van der Waals surface area contributed by atoms with Crippen LogP contribution in [0.3, 0.4) is 0 Å². The maximum absolute atomic E-state index is 13.3. The van der Waals surface area contributed by atoms with Gasteiger partial charge in [-0.3, -0.25) is 4.68 Å². The minimum Gasteiger partial charge on any atom is -0.312 e. The quantitative estimate of drug-likeness (QED) is 0.845. The first-order valence-corrected chi connectivity index (χ1v) is 7.15. The molecule has 0 unspecified atom stereocenters. The summed E-state index contributed by atoms with van der Waals surface area (Å²) in [7, 11) is 0. The Balaban J connectivity index is 2.13. The number of nitrogens with one attached hydrogen (secondary N) is 1. The van der Waals surface area contributed by atoms with E-state index in [4.69, 9.17) is 0 Å². The first-order chi connectivity index (χ1) is 10.1. The van der Waals surface area contributed by atoms with E-state index >= 15 is 0 Å². The van der Waals surface area contributed by atoms with Crippen molar-refractivity contribution in [3.63, 3.8) is 0 Å². The zero-order valence-electron chi connectivity index (χ0n) is 12.4. The van der Waals surface area contributed by atoms with Gasteiger partial charge >= 0.3 is 0 Å². The van der Waals surface area contributed by atoms with Crippen LogP contribution >= 0.6 is 0 Å². The van der Waals surface area contributed by atoms with Gasteiger partial charge in [-0.25, -0.2) is 8.78 Å². The summed E-state index contributed by atoms with van der Waals surface area (Å²) in [6.07, 6.45) is -0.982. The van der Waals surface area contributed by atoms with Gasteiger partial charge in [-0.2, -0.15) is 5.10 Å². The number of benzene rings is 1.